The van der Waals surface area contributed by atoms with E-state index < -0.39 is 0 Å². The molecule has 0 saturated carbocycles. The number of nitrogens with one attached hydrogen (secondary N) is 1. The highest BCUT2D eigenvalue weighted by Gasteiger charge is 2.28. The molecule has 0 bridgehead atoms. The van der Waals surface area contributed by atoms with Gasteiger partial charge in [0.25, 0.3) is 0 Å². The second kappa shape index (κ2) is 11.9. The van der Waals surface area contributed by atoms with E-state index in [9.17, 15) is 9.18 Å². The van der Waals surface area contributed by atoms with Gasteiger partial charge in [-0.25, -0.2) is 9.38 Å². The summed E-state index contributed by atoms with van der Waals surface area (Å²) < 4.78 is 19.7. The van der Waals surface area contributed by atoms with Crippen molar-refractivity contribution in [2.45, 2.75) is 38.7 Å². The van der Waals surface area contributed by atoms with Crippen molar-refractivity contribution < 1.29 is 13.9 Å². The number of aryl methyl sites for hydroxylation is 1. The van der Waals surface area contributed by atoms with Crippen molar-refractivity contribution >= 4 is 23.3 Å². The number of ketones is 1. The predicted octanol–water partition coefficient (Wildman–Crippen LogP) is 5.81. The highest BCUT2D eigenvalue weighted by Crippen LogP contribution is 2.30. The summed E-state index contributed by atoms with van der Waals surface area (Å²) in [4.78, 5) is 18.1. The third kappa shape index (κ3) is 5.58. The number of Topliss-reactive ketones (excluding diaryl/α,β-unsaturated/α-hetero) is 1. The van der Waals surface area contributed by atoms with E-state index in [0.717, 1.165) is 47.6 Å². The lowest BCUT2D eigenvalue weighted by Gasteiger charge is -2.24. The fourth-order valence-electron chi connectivity index (χ4n) is 5.85. The number of rotatable bonds is 4. The molecule has 2 aliphatic heterocycles. The minimum atomic E-state index is -0.329. The average molecular weight is 545 g/mol. The molecule has 0 saturated heterocycles. The van der Waals surface area contributed by atoms with Gasteiger partial charge in [0.05, 0.1) is 6.54 Å². The molecule has 2 aliphatic carbocycles. The molecule has 0 spiro atoms. The Morgan fingerprint density at radius 2 is 1.73 bits per heavy atom. The van der Waals surface area contributed by atoms with Crippen LogP contribution in [0.1, 0.15) is 41.3 Å². The number of carbonyl (C=O) groups excluding carboxylic acids is 1. The van der Waals surface area contributed by atoms with Gasteiger partial charge in [-0.1, -0.05) is 61.5 Å². The number of carbonyl (C=O) groups is 1. The molecule has 206 valence electrons. The molecule has 41 heavy (non-hydrogen) atoms. The summed E-state index contributed by atoms with van der Waals surface area (Å²) in [6, 6.07) is 18.8. The number of hydrogen-bond acceptors (Lipinski definition) is 4. The molecule has 3 aromatic carbocycles. The van der Waals surface area contributed by atoms with E-state index in [0.29, 0.717) is 12.1 Å². The van der Waals surface area contributed by atoms with E-state index in [4.69, 9.17) is 9.73 Å². The zero-order chi connectivity index (χ0) is 28.2. The average Bonchev–Trinajstić information content (AvgIpc) is 3.30. The Balaban J connectivity index is 0.000000380. The first-order chi connectivity index (χ1) is 20.1. The van der Waals surface area contributed by atoms with Crippen LogP contribution >= 0.6 is 0 Å². The molecular weight excluding hydrogens is 511 g/mol. The van der Waals surface area contributed by atoms with E-state index in [2.05, 4.69) is 54.7 Å². The third-order valence-corrected chi connectivity index (χ3v) is 8.02. The summed E-state index contributed by atoms with van der Waals surface area (Å²) in [5, 5.41) is 5.20. The zero-order valence-corrected chi connectivity index (χ0v) is 23.1. The number of nitrogens with zero attached hydrogens (tertiary/aromatic N) is 1. The standard InChI is InChI=1S/C30H26FNO2.C6H7N/c1-2-23-17-32-30(34-23)27-15-20-5-3-4-6-24(20)25-14-11-18-7-8-21(16-26(18)28(25)27)29(33)19-9-12-22(31)13-10-19;1-2-4-6-7-5-3-1/h3-6,9-14,16,21,23H,2,7-8,15,17H2,1H3;1-7H. The zero-order valence-electron chi connectivity index (χ0n) is 23.1. The molecule has 0 aromatic heterocycles. The van der Waals surface area contributed by atoms with E-state index in [1.807, 2.05) is 36.7 Å². The van der Waals surface area contributed by atoms with Crippen LogP contribution in [0.15, 0.2) is 102 Å². The number of aliphatic imine (C=N–C) groups is 1. The molecule has 7 rings (SSSR count). The molecular formula is C36H33FN2O2. The summed E-state index contributed by atoms with van der Waals surface area (Å²) in [5.41, 5.74) is 6.60. The molecule has 0 radical (unpaired) electrons. The van der Waals surface area contributed by atoms with Crippen molar-refractivity contribution in [2.24, 2.45) is 10.9 Å². The summed E-state index contributed by atoms with van der Waals surface area (Å²) >= 11 is 0. The van der Waals surface area contributed by atoms with Gasteiger partial charge in [-0.3, -0.25) is 4.79 Å². The first-order valence-electron chi connectivity index (χ1n) is 14.3. The minimum absolute atomic E-state index is 0.0431. The Hall–Kier alpha value is -4.51. The van der Waals surface area contributed by atoms with Crippen molar-refractivity contribution in [3.8, 4) is 11.1 Å². The summed E-state index contributed by atoms with van der Waals surface area (Å²) in [5.74, 6) is 0.222. The van der Waals surface area contributed by atoms with E-state index in [-0.39, 0.29) is 23.6 Å². The van der Waals surface area contributed by atoms with Crippen molar-refractivity contribution in [1.29, 1.82) is 0 Å². The Bertz CT molecular complexity index is 1700. The van der Waals surface area contributed by atoms with E-state index >= 15 is 0 Å². The monoisotopic (exact) mass is 544 g/mol. The van der Waals surface area contributed by atoms with Crippen LogP contribution in [0.4, 0.5) is 4.39 Å². The van der Waals surface area contributed by atoms with Crippen LogP contribution in [0.2, 0.25) is 0 Å². The quantitative estimate of drug-likeness (QED) is 0.422. The van der Waals surface area contributed by atoms with Crippen LogP contribution < -0.4 is 15.8 Å². The second-order valence-electron chi connectivity index (χ2n) is 10.6. The van der Waals surface area contributed by atoms with Gasteiger partial charge in [0, 0.05) is 35.9 Å². The smallest absolute Gasteiger partial charge is 0.213 e. The molecule has 3 aromatic rings. The van der Waals surface area contributed by atoms with Gasteiger partial charge in [-0.15, -0.1) is 0 Å². The van der Waals surface area contributed by atoms with Gasteiger partial charge < -0.3 is 10.1 Å². The van der Waals surface area contributed by atoms with Crippen LogP contribution in [-0.4, -0.2) is 24.3 Å². The number of allylic oxidation sites excluding steroid dienone is 4. The van der Waals surface area contributed by atoms with E-state index in [1.54, 1.807) is 12.1 Å². The predicted molar refractivity (Wildman–Crippen MR) is 163 cm³/mol. The van der Waals surface area contributed by atoms with Crippen LogP contribution in [-0.2, 0) is 17.6 Å². The van der Waals surface area contributed by atoms with Gasteiger partial charge in [0.1, 0.15) is 11.9 Å². The lowest BCUT2D eigenvalue weighted by atomic mass is 9.80. The van der Waals surface area contributed by atoms with Crippen LogP contribution in [0.3, 0.4) is 0 Å². The van der Waals surface area contributed by atoms with Crippen molar-refractivity contribution in [1.82, 2.24) is 5.32 Å². The second-order valence-corrected chi connectivity index (χ2v) is 10.6. The van der Waals surface area contributed by atoms with Crippen LogP contribution in [0.5, 0.6) is 0 Å². The van der Waals surface area contributed by atoms with Gasteiger partial charge in [-0.05, 0) is 88.4 Å². The topological polar surface area (TPSA) is 50.7 Å². The van der Waals surface area contributed by atoms with Gasteiger partial charge in [0.15, 0.2) is 5.78 Å². The first kappa shape index (κ1) is 26.7. The number of hydrogen-bond donors (Lipinski definition) is 1. The SMILES string of the molecule is C1=CC=CNC=C1.CCC1CN=C(C2=c3c(ccc4c3=CC(C(=O)c3ccc(F)cc3)CC4)-c3ccccc3C2)O1. The number of fused-ring (bicyclic) bond motifs is 5. The van der Waals surface area contributed by atoms with Crippen molar-refractivity contribution in [3.63, 3.8) is 0 Å². The van der Waals surface area contributed by atoms with E-state index in [1.165, 1.54) is 34.4 Å². The highest BCUT2D eigenvalue weighted by atomic mass is 19.1. The number of halogens is 1. The molecule has 2 unspecified atom stereocenters. The maximum atomic E-state index is 13.4. The maximum Gasteiger partial charge on any atom is 0.213 e. The number of ether oxygens (including phenoxy) is 1. The van der Waals surface area contributed by atoms with Crippen molar-refractivity contribution in [3.05, 3.63) is 130 Å². The van der Waals surface area contributed by atoms with Crippen LogP contribution in [0.25, 0.3) is 22.8 Å². The molecule has 0 fully saturated rings. The fourth-order valence-corrected chi connectivity index (χ4v) is 5.85. The maximum absolute atomic E-state index is 13.4. The molecule has 0 amide bonds. The first-order valence-corrected chi connectivity index (χ1v) is 14.3. The molecule has 1 N–H and O–H groups in total. The summed E-state index contributed by atoms with van der Waals surface area (Å²) in [6.07, 6.45) is 17.1. The molecule has 2 atom stereocenters. The van der Waals surface area contributed by atoms with Crippen LogP contribution in [0, 0.1) is 11.7 Å². The normalized spacial score (nSPS) is 19.7. The minimum Gasteiger partial charge on any atom is -0.472 e. The van der Waals surface area contributed by atoms with Gasteiger partial charge >= 0.3 is 0 Å². The Morgan fingerprint density at radius 3 is 2.49 bits per heavy atom. The Kier molecular flexibility index (Phi) is 7.77. The molecule has 4 nitrogen and oxygen atoms in total. The van der Waals surface area contributed by atoms with Crippen molar-refractivity contribution in [2.75, 3.05) is 6.54 Å². The fraction of sp³-hybridized carbons (Fsp3) is 0.222. The Labute approximate surface area is 240 Å². The largest absolute Gasteiger partial charge is 0.472 e. The molecule has 5 heteroatoms. The lowest BCUT2D eigenvalue weighted by molar-refractivity contribution is 0.0946. The van der Waals surface area contributed by atoms with Gasteiger partial charge in [-0.2, -0.15) is 0 Å². The molecule has 4 aliphatic rings. The van der Waals surface area contributed by atoms with Gasteiger partial charge in [0.2, 0.25) is 5.90 Å². The summed E-state index contributed by atoms with van der Waals surface area (Å²) in [7, 11) is 0. The third-order valence-electron chi connectivity index (χ3n) is 8.02. The Morgan fingerprint density at radius 1 is 0.951 bits per heavy atom. The number of benzene rings is 3. The lowest BCUT2D eigenvalue weighted by Crippen LogP contribution is -2.40. The summed E-state index contributed by atoms with van der Waals surface area (Å²) in [6.45, 7) is 2.82. The highest BCUT2D eigenvalue weighted by molar-refractivity contribution is 6.16. The molecule has 2 heterocycles.